The van der Waals surface area contributed by atoms with Crippen molar-refractivity contribution in [1.29, 1.82) is 5.26 Å². The van der Waals surface area contributed by atoms with Crippen molar-refractivity contribution >= 4 is 5.91 Å². The van der Waals surface area contributed by atoms with Crippen LogP contribution in [0.25, 0.3) is 5.69 Å². The van der Waals surface area contributed by atoms with Gasteiger partial charge in [-0.25, -0.2) is 4.68 Å². The molecule has 28 heavy (non-hydrogen) atoms. The number of carbonyl (C=O) groups excluding carboxylic acids is 1. The zero-order valence-electron chi connectivity index (χ0n) is 15.9. The van der Waals surface area contributed by atoms with Crippen LogP contribution in [0.15, 0.2) is 54.6 Å². The summed E-state index contributed by atoms with van der Waals surface area (Å²) >= 11 is 0. The molecule has 0 saturated carbocycles. The lowest BCUT2D eigenvalue weighted by molar-refractivity contribution is 0.0757. The number of nitriles is 1. The predicted molar refractivity (Wildman–Crippen MR) is 107 cm³/mol. The van der Waals surface area contributed by atoms with Crippen molar-refractivity contribution < 1.29 is 4.79 Å². The van der Waals surface area contributed by atoms with E-state index in [9.17, 15) is 10.1 Å². The van der Waals surface area contributed by atoms with Crippen LogP contribution < -0.4 is 0 Å². The van der Waals surface area contributed by atoms with E-state index in [4.69, 9.17) is 5.10 Å². The summed E-state index contributed by atoms with van der Waals surface area (Å²) in [5.41, 5.74) is 5.79. The van der Waals surface area contributed by atoms with Crippen molar-refractivity contribution in [3.8, 4) is 11.8 Å². The molecule has 1 aliphatic carbocycles. The fraction of sp³-hybridized carbons (Fsp3) is 0.261. The summed E-state index contributed by atoms with van der Waals surface area (Å²) in [5.74, 6) is -0.172. The van der Waals surface area contributed by atoms with Crippen LogP contribution in [-0.2, 0) is 19.4 Å². The average molecular weight is 370 g/mol. The van der Waals surface area contributed by atoms with E-state index < -0.39 is 0 Å². The van der Waals surface area contributed by atoms with Crippen LogP contribution in [0.2, 0.25) is 0 Å². The Balaban J connectivity index is 1.69. The molecule has 140 valence electrons. The van der Waals surface area contributed by atoms with Gasteiger partial charge in [0.25, 0.3) is 5.91 Å². The third-order valence-corrected chi connectivity index (χ3v) is 5.18. The Hall–Kier alpha value is -3.39. The zero-order valence-corrected chi connectivity index (χ0v) is 15.9. The summed E-state index contributed by atoms with van der Waals surface area (Å²) in [5, 5.41) is 13.9. The molecule has 0 atom stereocenters. The Labute approximate surface area is 164 Å². The molecule has 1 heterocycles. The maximum Gasteiger partial charge on any atom is 0.275 e. The number of aromatic nitrogens is 2. The van der Waals surface area contributed by atoms with Crippen molar-refractivity contribution in [2.75, 3.05) is 6.54 Å². The standard InChI is InChI=1S/C23H22N4O/c1-17-10-12-19(13-11-17)27-21-9-5-8-20(21)22(25-27)23(28)26(15-14-24)16-18-6-3-2-4-7-18/h2-4,6-7,10-13H,5,8-9,15-16H2,1H3. The second-order valence-electron chi connectivity index (χ2n) is 7.18. The van der Waals surface area contributed by atoms with Crippen molar-refractivity contribution in [2.45, 2.75) is 32.7 Å². The molecule has 0 saturated heterocycles. The van der Waals surface area contributed by atoms with Gasteiger partial charge in [-0.1, -0.05) is 48.0 Å². The number of benzene rings is 2. The summed E-state index contributed by atoms with van der Waals surface area (Å²) in [6, 6.07) is 20.0. The van der Waals surface area contributed by atoms with Crippen LogP contribution in [0, 0.1) is 18.3 Å². The number of carbonyl (C=O) groups is 1. The molecule has 3 aromatic rings. The van der Waals surface area contributed by atoms with Gasteiger partial charge in [-0.3, -0.25) is 4.79 Å². The number of rotatable bonds is 5. The molecular weight excluding hydrogens is 348 g/mol. The van der Waals surface area contributed by atoms with Crippen LogP contribution in [0.5, 0.6) is 0 Å². The minimum absolute atomic E-state index is 0.0416. The molecule has 0 bridgehead atoms. The van der Waals surface area contributed by atoms with Gasteiger partial charge in [0, 0.05) is 17.8 Å². The number of aryl methyl sites for hydroxylation is 1. The van der Waals surface area contributed by atoms with Crippen LogP contribution in [-0.4, -0.2) is 27.1 Å². The van der Waals surface area contributed by atoms with E-state index >= 15 is 0 Å². The highest BCUT2D eigenvalue weighted by Crippen LogP contribution is 2.29. The van der Waals surface area contributed by atoms with Gasteiger partial charge in [-0.2, -0.15) is 10.4 Å². The summed E-state index contributed by atoms with van der Waals surface area (Å²) in [4.78, 5) is 14.9. The van der Waals surface area contributed by atoms with Crippen molar-refractivity contribution in [3.63, 3.8) is 0 Å². The topological polar surface area (TPSA) is 61.9 Å². The first-order valence-electron chi connectivity index (χ1n) is 9.55. The first kappa shape index (κ1) is 18.0. The van der Waals surface area contributed by atoms with Gasteiger partial charge in [0.2, 0.25) is 0 Å². The Kier molecular flexibility index (Phi) is 4.94. The molecule has 1 aromatic heterocycles. The normalized spacial score (nSPS) is 12.4. The zero-order chi connectivity index (χ0) is 19.5. The van der Waals surface area contributed by atoms with Gasteiger partial charge in [0.15, 0.2) is 5.69 Å². The minimum Gasteiger partial charge on any atom is -0.320 e. The first-order valence-corrected chi connectivity index (χ1v) is 9.55. The predicted octanol–water partition coefficient (Wildman–Crippen LogP) is 3.84. The second-order valence-corrected chi connectivity index (χ2v) is 7.18. The van der Waals surface area contributed by atoms with E-state index in [1.54, 1.807) is 4.90 Å². The van der Waals surface area contributed by atoms with Gasteiger partial charge < -0.3 is 4.90 Å². The fourth-order valence-corrected chi connectivity index (χ4v) is 3.75. The molecule has 0 N–H and O–H groups in total. The summed E-state index contributed by atoms with van der Waals surface area (Å²) in [7, 11) is 0. The van der Waals surface area contributed by atoms with E-state index in [0.717, 1.165) is 41.8 Å². The molecular formula is C23H22N4O. The van der Waals surface area contributed by atoms with E-state index in [1.165, 1.54) is 5.56 Å². The highest BCUT2D eigenvalue weighted by molar-refractivity contribution is 5.94. The maximum absolute atomic E-state index is 13.3. The molecule has 0 spiro atoms. The molecule has 5 heteroatoms. The lowest BCUT2D eigenvalue weighted by atomic mass is 10.1. The Morgan fingerprint density at radius 1 is 1.14 bits per heavy atom. The first-order chi connectivity index (χ1) is 13.7. The highest BCUT2D eigenvalue weighted by Gasteiger charge is 2.29. The van der Waals surface area contributed by atoms with E-state index in [0.29, 0.717) is 12.2 Å². The largest absolute Gasteiger partial charge is 0.320 e. The van der Waals surface area contributed by atoms with E-state index in [-0.39, 0.29) is 12.5 Å². The van der Waals surface area contributed by atoms with Gasteiger partial charge in [0.05, 0.1) is 11.8 Å². The Morgan fingerprint density at radius 3 is 2.61 bits per heavy atom. The summed E-state index contributed by atoms with van der Waals surface area (Å²) in [6.07, 6.45) is 2.80. The summed E-state index contributed by atoms with van der Waals surface area (Å²) < 4.78 is 1.90. The van der Waals surface area contributed by atoms with Crippen molar-refractivity contribution in [3.05, 3.63) is 82.7 Å². The number of amides is 1. The molecule has 4 rings (SSSR count). The van der Waals surface area contributed by atoms with Crippen molar-refractivity contribution in [2.24, 2.45) is 0 Å². The Morgan fingerprint density at radius 2 is 1.89 bits per heavy atom. The smallest absolute Gasteiger partial charge is 0.275 e. The molecule has 0 fully saturated rings. The quantitative estimate of drug-likeness (QED) is 0.641. The Bertz CT molecular complexity index is 1030. The highest BCUT2D eigenvalue weighted by atomic mass is 16.2. The van der Waals surface area contributed by atoms with Gasteiger partial charge in [-0.15, -0.1) is 0 Å². The van der Waals surface area contributed by atoms with Gasteiger partial charge >= 0.3 is 0 Å². The molecule has 1 amide bonds. The van der Waals surface area contributed by atoms with Gasteiger partial charge in [-0.05, 0) is 43.9 Å². The molecule has 5 nitrogen and oxygen atoms in total. The fourth-order valence-electron chi connectivity index (χ4n) is 3.75. The van der Waals surface area contributed by atoms with Crippen LogP contribution in [0.1, 0.15) is 39.3 Å². The summed E-state index contributed by atoms with van der Waals surface area (Å²) in [6.45, 7) is 2.49. The van der Waals surface area contributed by atoms with Crippen molar-refractivity contribution in [1.82, 2.24) is 14.7 Å². The second kappa shape index (κ2) is 7.69. The molecule has 1 aliphatic rings. The number of nitrogens with zero attached hydrogens (tertiary/aromatic N) is 4. The van der Waals surface area contributed by atoms with E-state index in [1.807, 2.05) is 47.1 Å². The monoisotopic (exact) mass is 370 g/mol. The SMILES string of the molecule is Cc1ccc(-n2nc(C(=O)N(CC#N)Cc3ccccc3)c3c2CCC3)cc1. The lowest BCUT2D eigenvalue weighted by Crippen LogP contribution is -2.32. The number of fused-ring (bicyclic) bond motifs is 1. The number of hydrogen-bond donors (Lipinski definition) is 0. The molecule has 0 radical (unpaired) electrons. The van der Waals surface area contributed by atoms with Gasteiger partial charge in [0.1, 0.15) is 6.54 Å². The number of hydrogen-bond acceptors (Lipinski definition) is 3. The maximum atomic E-state index is 13.3. The third kappa shape index (κ3) is 3.41. The van der Waals surface area contributed by atoms with E-state index in [2.05, 4.69) is 25.1 Å². The lowest BCUT2D eigenvalue weighted by Gasteiger charge is -2.19. The third-order valence-electron chi connectivity index (χ3n) is 5.18. The van der Waals surface area contributed by atoms with Crippen LogP contribution >= 0.6 is 0 Å². The molecule has 0 unspecified atom stereocenters. The molecule has 0 aliphatic heterocycles. The van der Waals surface area contributed by atoms with Crippen LogP contribution in [0.3, 0.4) is 0 Å². The molecule has 2 aromatic carbocycles. The van der Waals surface area contributed by atoms with Crippen LogP contribution in [0.4, 0.5) is 0 Å². The average Bonchev–Trinajstić information content (AvgIpc) is 3.31. The minimum atomic E-state index is -0.172.